The quantitative estimate of drug-likeness (QED) is 0.788. The van der Waals surface area contributed by atoms with Gasteiger partial charge >= 0.3 is 0 Å². The molecule has 0 aliphatic carbocycles. The number of hydrogen-bond acceptors (Lipinski definition) is 4. The lowest BCUT2D eigenvalue weighted by atomic mass is 10.3. The Kier molecular flexibility index (Phi) is 2.64. The second kappa shape index (κ2) is 4.28. The second-order valence-corrected chi connectivity index (χ2v) is 2.78. The van der Waals surface area contributed by atoms with E-state index in [2.05, 4.69) is 20.3 Å². The van der Waals surface area contributed by atoms with Crippen molar-refractivity contribution in [1.82, 2.24) is 15.0 Å². The molecule has 0 aliphatic heterocycles. The number of nitrogens with one attached hydrogen (secondary N) is 1. The molecule has 2 rings (SSSR count). The fourth-order valence-corrected chi connectivity index (χ4v) is 1.06. The molecule has 0 atom stereocenters. The van der Waals surface area contributed by atoms with Gasteiger partial charge in [0.2, 0.25) is 0 Å². The van der Waals surface area contributed by atoms with Crippen LogP contribution in [-0.2, 0) is 0 Å². The fraction of sp³-hybridized carbons (Fsp3) is 0. The molecular formula is C10H8N4O. The average Bonchev–Trinajstić information content (AvgIpc) is 2.31. The Morgan fingerprint density at radius 2 is 1.80 bits per heavy atom. The van der Waals surface area contributed by atoms with E-state index in [1.54, 1.807) is 30.6 Å². The Morgan fingerprint density at radius 1 is 1.07 bits per heavy atom. The highest BCUT2D eigenvalue weighted by Crippen LogP contribution is 2.05. The summed E-state index contributed by atoms with van der Waals surface area (Å²) < 4.78 is 0. The zero-order valence-electron chi connectivity index (χ0n) is 7.79. The summed E-state index contributed by atoms with van der Waals surface area (Å²) in [4.78, 5) is 23.0. The van der Waals surface area contributed by atoms with Gasteiger partial charge in [-0.2, -0.15) is 0 Å². The van der Waals surface area contributed by atoms with Crippen LogP contribution >= 0.6 is 0 Å². The van der Waals surface area contributed by atoms with Gasteiger partial charge in [0.1, 0.15) is 12.0 Å². The average molecular weight is 200 g/mol. The van der Waals surface area contributed by atoms with Crippen molar-refractivity contribution in [2.75, 3.05) is 5.32 Å². The molecule has 2 aromatic heterocycles. The van der Waals surface area contributed by atoms with E-state index in [-0.39, 0.29) is 5.91 Å². The number of hydrogen-bond donors (Lipinski definition) is 1. The molecule has 5 nitrogen and oxygen atoms in total. The Bertz CT molecular complexity index is 443. The maximum absolute atomic E-state index is 11.6. The van der Waals surface area contributed by atoms with E-state index in [4.69, 9.17) is 0 Å². The van der Waals surface area contributed by atoms with E-state index in [0.717, 1.165) is 0 Å². The van der Waals surface area contributed by atoms with Crippen molar-refractivity contribution in [1.29, 1.82) is 0 Å². The van der Waals surface area contributed by atoms with E-state index < -0.39 is 0 Å². The van der Waals surface area contributed by atoms with Crippen LogP contribution in [0.15, 0.2) is 43.1 Å². The summed E-state index contributed by atoms with van der Waals surface area (Å²) in [5.41, 5.74) is 1.02. The zero-order valence-corrected chi connectivity index (χ0v) is 7.79. The van der Waals surface area contributed by atoms with Gasteiger partial charge in [-0.1, -0.05) is 0 Å². The summed E-state index contributed by atoms with van der Waals surface area (Å²) in [6.45, 7) is 0. The van der Waals surface area contributed by atoms with E-state index in [0.29, 0.717) is 11.4 Å². The standard InChI is InChI=1S/C10H8N4O/c15-10(9-3-6-12-7-13-9)14-8-1-4-11-5-2-8/h1-7H,(H,11,14,15). The summed E-state index contributed by atoms with van der Waals surface area (Å²) in [7, 11) is 0. The normalized spacial score (nSPS) is 9.60. The number of rotatable bonds is 2. The van der Waals surface area contributed by atoms with Crippen molar-refractivity contribution in [2.24, 2.45) is 0 Å². The van der Waals surface area contributed by atoms with Crippen molar-refractivity contribution in [3.8, 4) is 0 Å². The zero-order chi connectivity index (χ0) is 10.5. The van der Waals surface area contributed by atoms with Crippen LogP contribution in [0.2, 0.25) is 0 Å². The van der Waals surface area contributed by atoms with Crippen LogP contribution in [-0.4, -0.2) is 20.9 Å². The maximum atomic E-state index is 11.6. The van der Waals surface area contributed by atoms with Gasteiger partial charge in [0.25, 0.3) is 5.91 Å². The minimum absolute atomic E-state index is 0.261. The first-order valence-corrected chi connectivity index (χ1v) is 4.33. The third kappa shape index (κ3) is 2.34. The summed E-state index contributed by atoms with van der Waals surface area (Å²) in [5.74, 6) is -0.261. The summed E-state index contributed by atoms with van der Waals surface area (Å²) in [6, 6.07) is 4.97. The van der Waals surface area contributed by atoms with Gasteiger partial charge in [-0.25, -0.2) is 9.97 Å². The Labute approximate surface area is 86.2 Å². The third-order valence-corrected chi connectivity index (χ3v) is 1.75. The molecule has 0 bridgehead atoms. The highest BCUT2D eigenvalue weighted by Gasteiger charge is 2.05. The molecule has 1 amide bonds. The highest BCUT2D eigenvalue weighted by molar-refractivity contribution is 6.02. The SMILES string of the molecule is O=C(Nc1ccncc1)c1ccncn1. The molecular weight excluding hydrogens is 192 g/mol. The van der Waals surface area contributed by atoms with E-state index >= 15 is 0 Å². The molecule has 0 saturated heterocycles. The lowest BCUT2D eigenvalue weighted by Crippen LogP contribution is -2.13. The van der Waals surface area contributed by atoms with Gasteiger partial charge in [-0.05, 0) is 18.2 Å². The fourth-order valence-electron chi connectivity index (χ4n) is 1.06. The Morgan fingerprint density at radius 3 is 2.47 bits per heavy atom. The topological polar surface area (TPSA) is 67.8 Å². The number of carbonyl (C=O) groups is 1. The van der Waals surface area contributed by atoms with Crippen molar-refractivity contribution in [2.45, 2.75) is 0 Å². The van der Waals surface area contributed by atoms with Crippen molar-refractivity contribution in [3.05, 3.63) is 48.8 Å². The highest BCUT2D eigenvalue weighted by atomic mass is 16.1. The first-order chi connectivity index (χ1) is 7.36. The molecule has 1 N–H and O–H groups in total. The molecule has 2 aromatic rings. The van der Waals surface area contributed by atoms with Crippen molar-refractivity contribution in [3.63, 3.8) is 0 Å². The number of carbonyl (C=O) groups excluding carboxylic acids is 1. The molecule has 0 aromatic carbocycles. The number of nitrogens with zero attached hydrogens (tertiary/aromatic N) is 3. The molecule has 0 saturated carbocycles. The van der Waals surface area contributed by atoms with Crippen LogP contribution < -0.4 is 5.32 Å². The van der Waals surface area contributed by atoms with Gasteiger partial charge in [0.05, 0.1) is 0 Å². The Hall–Kier alpha value is -2.30. The number of aromatic nitrogens is 3. The molecule has 74 valence electrons. The summed E-state index contributed by atoms with van der Waals surface area (Å²) in [5, 5.41) is 2.69. The largest absolute Gasteiger partial charge is 0.321 e. The molecule has 0 aliphatic rings. The summed E-state index contributed by atoms with van der Waals surface area (Å²) >= 11 is 0. The lowest BCUT2D eigenvalue weighted by molar-refractivity contribution is 0.102. The number of amides is 1. The smallest absolute Gasteiger partial charge is 0.274 e. The van der Waals surface area contributed by atoms with Crippen LogP contribution in [0.4, 0.5) is 5.69 Å². The van der Waals surface area contributed by atoms with Crippen LogP contribution in [0.3, 0.4) is 0 Å². The van der Waals surface area contributed by atoms with E-state index in [1.807, 2.05) is 0 Å². The molecule has 15 heavy (non-hydrogen) atoms. The predicted octanol–water partition coefficient (Wildman–Crippen LogP) is 1.12. The van der Waals surface area contributed by atoms with Crippen LogP contribution in [0.5, 0.6) is 0 Å². The molecule has 0 spiro atoms. The Balaban J connectivity index is 2.12. The van der Waals surface area contributed by atoms with E-state index in [9.17, 15) is 4.79 Å². The monoisotopic (exact) mass is 200 g/mol. The van der Waals surface area contributed by atoms with Crippen LogP contribution in [0.25, 0.3) is 0 Å². The van der Waals surface area contributed by atoms with Gasteiger partial charge in [-0.3, -0.25) is 9.78 Å². The molecule has 0 radical (unpaired) electrons. The molecule has 0 unspecified atom stereocenters. The van der Waals surface area contributed by atoms with Crippen molar-refractivity contribution < 1.29 is 4.79 Å². The number of anilines is 1. The molecule has 2 heterocycles. The van der Waals surface area contributed by atoms with Gasteiger partial charge in [0, 0.05) is 24.3 Å². The van der Waals surface area contributed by atoms with E-state index in [1.165, 1.54) is 12.5 Å². The van der Waals surface area contributed by atoms with Crippen molar-refractivity contribution >= 4 is 11.6 Å². The lowest BCUT2D eigenvalue weighted by Gasteiger charge is -2.02. The molecule has 5 heteroatoms. The minimum atomic E-state index is -0.261. The van der Waals surface area contributed by atoms with Crippen LogP contribution in [0.1, 0.15) is 10.5 Å². The minimum Gasteiger partial charge on any atom is -0.321 e. The first kappa shape index (κ1) is 9.26. The maximum Gasteiger partial charge on any atom is 0.274 e. The van der Waals surface area contributed by atoms with Gasteiger partial charge in [0.15, 0.2) is 0 Å². The first-order valence-electron chi connectivity index (χ1n) is 4.33. The predicted molar refractivity (Wildman–Crippen MR) is 54.2 cm³/mol. The number of pyridine rings is 1. The van der Waals surface area contributed by atoms with Crippen LogP contribution in [0, 0.1) is 0 Å². The summed E-state index contributed by atoms with van der Waals surface area (Å²) in [6.07, 6.45) is 6.07. The van der Waals surface area contributed by atoms with Gasteiger partial charge < -0.3 is 5.32 Å². The third-order valence-electron chi connectivity index (χ3n) is 1.75. The second-order valence-electron chi connectivity index (χ2n) is 2.78. The molecule has 0 fully saturated rings. The van der Waals surface area contributed by atoms with Gasteiger partial charge in [-0.15, -0.1) is 0 Å².